The lowest BCUT2D eigenvalue weighted by molar-refractivity contribution is 0.328. The number of ether oxygens (including phenoxy) is 1. The van der Waals surface area contributed by atoms with Crippen molar-refractivity contribution in [3.8, 4) is 5.75 Å². The van der Waals surface area contributed by atoms with Gasteiger partial charge in [0, 0.05) is 15.5 Å². The summed E-state index contributed by atoms with van der Waals surface area (Å²) >= 11 is 3.84. The van der Waals surface area contributed by atoms with E-state index in [1.807, 2.05) is 23.1 Å². The van der Waals surface area contributed by atoms with E-state index in [1.54, 1.807) is 0 Å². The highest BCUT2D eigenvalue weighted by Crippen LogP contribution is 2.48. The van der Waals surface area contributed by atoms with Gasteiger partial charge in [-0.05, 0) is 12.3 Å². The Labute approximate surface area is 93.9 Å². The first kappa shape index (κ1) is 10.4. The Morgan fingerprint density at radius 3 is 2.64 bits per heavy atom. The molecule has 14 heavy (non-hydrogen) atoms. The molecule has 0 aliphatic carbocycles. The zero-order chi connectivity index (χ0) is 10.3. The maximum Gasteiger partial charge on any atom is 0.146 e. The summed E-state index contributed by atoms with van der Waals surface area (Å²) in [5.41, 5.74) is 0.247. The van der Waals surface area contributed by atoms with Gasteiger partial charge in [-0.3, -0.25) is 0 Å². The van der Waals surface area contributed by atoms with Crippen molar-refractivity contribution in [2.75, 3.05) is 12.4 Å². The van der Waals surface area contributed by atoms with Crippen LogP contribution in [0.5, 0.6) is 5.75 Å². The highest BCUT2D eigenvalue weighted by molar-refractivity contribution is 7.99. The van der Waals surface area contributed by atoms with Gasteiger partial charge in [0.25, 0.3) is 0 Å². The molecule has 1 aromatic heterocycles. The molecule has 0 N–H and O–H groups in total. The van der Waals surface area contributed by atoms with E-state index < -0.39 is 0 Å². The van der Waals surface area contributed by atoms with Gasteiger partial charge in [-0.25, -0.2) is 0 Å². The van der Waals surface area contributed by atoms with Gasteiger partial charge in [0.2, 0.25) is 0 Å². The lowest BCUT2D eigenvalue weighted by atomic mass is 9.94. The fourth-order valence-corrected chi connectivity index (χ4v) is 4.16. The molecule has 0 spiro atoms. The average molecular weight is 228 g/mol. The van der Waals surface area contributed by atoms with E-state index in [2.05, 4.69) is 27.7 Å². The van der Waals surface area contributed by atoms with Gasteiger partial charge in [0.1, 0.15) is 5.75 Å². The largest absolute Gasteiger partial charge is 0.490 e. The van der Waals surface area contributed by atoms with Crippen LogP contribution in [0.3, 0.4) is 0 Å². The molecule has 0 saturated heterocycles. The Bertz CT molecular complexity index is 347. The molecule has 1 aliphatic heterocycles. The predicted octanol–water partition coefficient (Wildman–Crippen LogP) is 3.84. The summed E-state index contributed by atoms with van der Waals surface area (Å²) in [5, 5.41) is 0. The first-order valence-corrected chi connectivity index (χ1v) is 6.70. The fourth-order valence-electron chi connectivity index (χ4n) is 1.59. The van der Waals surface area contributed by atoms with Crippen molar-refractivity contribution >= 4 is 23.1 Å². The molecule has 2 heterocycles. The van der Waals surface area contributed by atoms with Gasteiger partial charge < -0.3 is 4.74 Å². The van der Waals surface area contributed by atoms with Gasteiger partial charge in [-0.15, -0.1) is 23.1 Å². The normalized spacial score (nSPS) is 16.3. The third kappa shape index (κ3) is 1.68. The van der Waals surface area contributed by atoms with Crippen LogP contribution in [-0.2, 0) is 5.41 Å². The summed E-state index contributed by atoms with van der Waals surface area (Å²) in [6.45, 7) is 9.83. The zero-order valence-corrected chi connectivity index (χ0v) is 10.8. The molecule has 0 radical (unpaired) electrons. The maximum atomic E-state index is 5.72. The maximum absolute atomic E-state index is 5.72. The van der Waals surface area contributed by atoms with Crippen molar-refractivity contribution in [2.24, 2.45) is 0 Å². The summed E-state index contributed by atoms with van der Waals surface area (Å²) in [4.78, 5) is 4.21. The first-order valence-electron chi connectivity index (χ1n) is 4.89. The zero-order valence-electron chi connectivity index (χ0n) is 9.14. The Kier molecular flexibility index (Phi) is 2.56. The highest BCUT2D eigenvalue weighted by Gasteiger charge is 2.27. The van der Waals surface area contributed by atoms with E-state index in [9.17, 15) is 0 Å². The lowest BCUT2D eigenvalue weighted by Gasteiger charge is -2.21. The molecule has 0 aromatic carbocycles. The van der Waals surface area contributed by atoms with E-state index in [0.29, 0.717) is 0 Å². The third-order valence-electron chi connectivity index (χ3n) is 2.24. The molecule has 1 nitrogen and oxygen atoms in total. The minimum absolute atomic E-state index is 0.247. The van der Waals surface area contributed by atoms with Crippen molar-refractivity contribution in [2.45, 2.75) is 38.0 Å². The molecular formula is C11H16OS2. The van der Waals surface area contributed by atoms with Crippen LogP contribution in [-0.4, -0.2) is 12.4 Å². The Morgan fingerprint density at radius 1 is 1.29 bits per heavy atom. The standard InChI is InChI=1S/C11H16OS2/c1-7-8-9(13-6-5-12-8)10(14-7)11(2,3)4/h5-6H2,1-4H3. The summed E-state index contributed by atoms with van der Waals surface area (Å²) in [5.74, 6) is 2.24. The lowest BCUT2D eigenvalue weighted by Crippen LogP contribution is -2.12. The SMILES string of the molecule is Cc1sc(C(C)(C)C)c2c1OCCS2. The van der Waals surface area contributed by atoms with Gasteiger partial charge >= 0.3 is 0 Å². The molecule has 1 aliphatic rings. The van der Waals surface area contributed by atoms with Gasteiger partial charge in [-0.1, -0.05) is 20.8 Å². The van der Waals surface area contributed by atoms with Crippen LogP contribution in [0, 0.1) is 6.92 Å². The molecule has 1 aromatic rings. The van der Waals surface area contributed by atoms with Crippen molar-refractivity contribution in [3.63, 3.8) is 0 Å². The molecule has 0 amide bonds. The molecule has 78 valence electrons. The number of thiophene rings is 1. The number of hydrogen-bond donors (Lipinski definition) is 0. The average Bonchev–Trinajstić information content (AvgIpc) is 2.44. The van der Waals surface area contributed by atoms with Gasteiger partial charge in [-0.2, -0.15) is 0 Å². The molecule has 2 rings (SSSR count). The van der Waals surface area contributed by atoms with Crippen molar-refractivity contribution in [3.05, 3.63) is 9.75 Å². The summed E-state index contributed by atoms with van der Waals surface area (Å²) in [7, 11) is 0. The molecule has 0 saturated carbocycles. The Morgan fingerprint density at radius 2 is 2.00 bits per heavy atom. The summed E-state index contributed by atoms with van der Waals surface area (Å²) < 4.78 is 5.72. The van der Waals surface area contributed by atoms with E-state index in [-0.39, 0.29) is 5.41 Å². The van der Waals surface area contributed by atoms with Crippen molar-refractivity contribution < 1.29 is 4.74 Å². The van der Waals surface area contributed by atoms with Gasteiger partial charge in [0.15, 0.2) is 0 Å². The minimum atomic E-state index is 0.247. The highest BCUT2D eigenvalue weighted by atomic mass is 32.2. The van der Waals surface area contributed by atoms with Crippen LogP contribution in [0.4, 0.5) is 0 Å². The van der Waals surface area contributed by atoms with E-state index in [1.165, 1.54) is 14.6 Å². The summed E-state index contributed by atoms with van der Waals surface area (Å²) in [6.07, 6.45) is 0. The quantitative estimate of drug-likeness (QED) is 0.667. The van der Waals surface area contributed by atoms with Crippen molar-refractivity contribution in [1.29, 1.82) is 0 Å². The van der Waals surface area contributed by atoms with Crippen LogP contribution >= 0.6 is 23.1 Å². The number of hydrogen-bond acceptors (Lipinski definition) is 3. The van der Waals surface area contributed by atoms with Crippen LogP contribution in [0.1, 0.15) is 30.5 Å². The van der Waals surface area contributed by atoms with Crippen LogP contribution in [0.15, 0.2) is 4.90 Å². The molecule has 0 bridgehead atoms. The number of thioether (sulfide) groups is 1. The van der Waals surface area contributed by atoms with Crippen LogP contribution < -0.4 is 4.74 Å². The number of aryl methyl sites for hydroxylation is 1. The predicted molar refractivity (Wildman–Crippen MR) is 64.0 cm³/mol. The van der Waals surface area contributed by atoms with E-state index in [0.717, 1.165) is 18.1 Å². The Hall–Kier alpha value is -0.150. The van der Waals surface area contributed by atoms with Crippen LogP contribution in [0.2, 0.25) is 0 Å². The molecule has 3 heteroatoms. The molecular weight excluding hydrogens is 212 g/mol. The van der Waals surface area contributed by atoms with Gasteiger partial charge in [0.05, 0.1) is 11.5 Å². The Balaban J connectivity index is 2.52. The second kappa shape index (κ2) is 3.46. The monoisotopic (exact) mass is 228 g/mol. The minimum Gasteiger partial charge on any atom is -0.490 e. The smallest absolute Gasteiger partial charge is 0.146 e. The summed E-state index contributed by atoms with van der Waals surface area (Å²) in [6, 6.07) is 0. The topological polar surface area (TPSA) is 9.23 Å². The second-order valence-corrected chi connectivity index (χ2v) is 6.92. The fraction of sp³-hybridized carbons (Fsp3) is 0.636. The molecule has 0 atom stereocenters. The second-order valence-electron chi connectivity index (χ2n) is 4.59. The van der Waals surface area contributed by atoms with E-state index >= 15 is 0 Å². The number of rotatable bonds is 0. The molecule has 0 fully saturated rings. The van der Waals surface area contributed by atoms with Crippen molar-refractivity contribution in [1.82, 2.24) is 0 Å². The van der Waals surface area contributed by atoms with E-state index in [4.69, 9.17) is 4.74 Å². The van der Waals surface area contributed by atoms with Crippen LogP contribution in [0.25, 0.3) is 0 Å². The first-order chi connectivity index (χ1) is 6.50. The molecule has 0 unspecified atom stereocenters. The number of fused-ring (bicyclic) bond motifs is 1. The third-order valence-corrected chi connectivity index (χ3v) is 4.94.